The zero-order valence-electron chi connectivity index (χ0n) is 13.5. The van der Waals surface area contributed by atoms with E-state index in [0.717, 1.165) is 44.6 Å². The van der Waals surface area contributed by atoms with Crippen LogP contribution in [-0.2, 0) is 0 Å². The van der Waals surface area contributed by atoms with Crippen molar-refractivity contribution in [3.8, 4) is 10.7 Å². The van der Waals surface area contributed by atoms with Crippen LogP contribution in [0.1, 0.15) is 51.2 Å². The maximum absolute atomic E-state index is 12.4. The first-order chi connectivity index (χ1) is 11.6. The molecule has 0 spiro atoms. The highest BCUT2D eigenvalue weighted by atomic mass is 32.1. The van der Waals surface area contributed by atoms with Crippen molar-refractivity contribution in [2.45, 2.75) is 39.0 Å². The molecule has 0 saturated heterocycles. The lowest BCUT2D eigenvalue weighted by atomic mass is 9.85. The molecule has 3 heterocycles. The molecule has 3 aromatic heterocycles. The van der Waals surface area contributed by atoms with Gasteiger partial charge in [0.05, 0.1) is 15.4 Å². The summed E-state index contributed by atoms with van der Waals surface area (Å²) in [4.78, 5) is 19.6. The van der Waals surface area contributed by atoms with Crippen molar-refractivity contribution in [1.82, 2.24) is 10.1 Å². The summed E-state index contributed by atoms with van der Waals surface area (Å²) < 4.78 is 5.39. The number of aryl methyl sites for hydroxylation is 2. The molecule has 0 aromatic carbocycles. The largest absolute Gasteiger partial charge is 0.339 e. The third-order valence-electron chi connectivity index (χ3n) is 4.35. The van der Waals surface area contributed by atoms with Gasteiger partial charge in [0.2, 0.25) is 11.7 Å². The molecule has 4 rings (SSSR count). The van der Waals surface area contributed by atoms with Crippen molar-refractivity contribution in [3.63, 3.8) is 0 Å². The van der Waals surface area contributed by atoms with Gasteiger partial charge in [-0.15, -0.1) is 22.7 Å². The minimum Gasteiger partial charge on any atom is -0.339 e. The van der Waals surface area contributed by atoms with Gasteiger partial charge in [0.25, 0.3) is 5.91 Å². The fraction of sp³-hybridized carbons (Fsp3) is 0.353. The molecule has 7 heteroatoms. The molecule has 124 valence electrons. The van der Waals surface area contributed by atoms with E-state index in [2.05, 4.69) is 15.5 Å². The molecular formula is C17H17N3O2S2. The van der Waals surface area contributed by atoms with Crippen LogP contribution in [0.25, 0.3) is 10.7 Å². The Labute approximate surface area is 147 Å². The van der Waals surface area contributed by atoms with Gasteiger partial charge in [0.1, 0.15) is 0 Å². The van der Waals surface area contributed by atoms with E-state index in [1.807, 2.05) is 31.4 Å². The van der Waals surface area contributed by atoms with Crippen LogP contribution >= 0.6 is 22.7 Å². The van der Waals surface area contributed by atoms with Crippen LogP contribution in [0, 0.1) is 13.8 Å². The molecule has 1 fully saturated rings. The third-order valence-corrected chi connectivity index (χ3v) is 6.41. The van der Waals surface area contributed by atoms with Gasteiger partial charge in [0.15, 0.2) is 0 Å². The summed E-state index contributed by atoms with van der Waals surface area (Å²) >= 11 is 3.02. The maximum Gasteiger partial charge on any atom is 0.266 e. The van der Waals surface area contributed by atoms with Crippen LogP contribution in [-0.4, -0.2) is 16.0 Å². The number of thiophene rings is 2. The first-order valence-corrected chi connectivity index (χ1v) is 9.61. The summed E-state index contributed by atoms with van der Waals surface area (Å²) in [6.45, 7) is 3.93. The fourth-order valence-corrected chi connectivity index (χ4v) is 4.38. The number of anilines is 1. The minimum atomic E-state index is -0.0711. The Morgan fingerprint density at radius 2 is 2.21 bits per heavy atom. The Balaban J connectivity index is 1.55. The molecule has 0 radical (unpaired) electrons. The van der Waals surface area contributed by atoms with E-state index in [1.165, 1.54) is 17.8 Å². The van der Waals surface area contributed by atoms with Crippen LogP contribution in [0.15, 0.2) is 22.0 Å². The van der Waals surface area contributed by atoms with Crippen molar-refractivity contribution in [1.29, 1.82) is 0 Å². The maximum atomic E-state index is 12.4. The lowest BCUT2D eigenvalue weighted by molar-refractivity contribution is 0.103. The summed E-state index contributed by atoms with van der Waals surface area (Å²) in [6.07, 6.45) is 3.50. The van der Waals surface area contributed by atoms with E-state index in [1.54, 1.807) is 11.3 Å². The second kappa shape index (κ2) is 6.14. The number of nitrogens with zero attached hydrogens (tertiary/aromatic N) is 2. The highest BCUT2D eigenvalue weighted by Gasteiger charge is 2.26. The number of hydrogen-bond acceptors (Lipinski definition) is 6. The van der Waals surface area contributed by atoms with E-state index in [9.17, 15) is 4.79 Å². The normalized spacial score (nSPS) is 14.6. The summed E-state index contributed by atoms with van der Waals surface area (Å²) in [7, 11) is 0. The van der Waals surface area contributed by atoms with E-state index in [-0.39, 0.29) is 5.91 Å². The molecule has 3 aromatic rings. The minimum absolute atomic E-state index is 0.0711. The SMILES string of the molecule is Cc1ccsc1C(=O)Nc1cc(-c2noc(C3CCC3)n2)sc1C. The molecule has 0 bridgehead atoms. The van der Waals surface area contributed by atoms with Gasteiger partial charge in [-0.25, -0.2) is 0 Å². The Hall–Kier alpha value is -1.99. The monoisotopic (exact) mass is 359 g/mol. The molecule has 1 amide bonds. The van der Waals surface area contributed by atoms with Crippen molar-refractivity contribution in [2.24, 2.45) is 0 Å². The van der Waals surface area contributed by atoms with Crippen molar-refractivity contribution in [2.75, 3.05) is 5.32 Å². The zero-order valence-corrected chi connectivity index (χ0v) is 15.1. The lowest BCUT2D eigenvalue weighted by Gasteiger charge is -2.20. The topological polar surface area (TPSA) is 68.0 Å². The van der Waals surface area contributed by atoms with Gasteiger partial charge in [-0.05, 0) is 49.8 Å². The van der Waals surface area contributed by atoms with Crippen LogP contribution in [0.4, 0.5) is 5.69 Å². The van der Waals surface area contributed by atoms with Crippen LogP contribution in [0.3, 0.4) is 0 Å². The summed E-state index contributed by atoms with van der Waals surface area (Å²) in [5.41, 5.74) is 1.80. The number of rotatable bonds is 4. The molecule has 0 aliphatic heterocycles. The van der Waals surface area contributed by atoms with Gasteiger partial charge >= 0.3 is 0 Å². The number of hydrogen-bond donors (Lipinski definition) is 1. The molecular weight excluding hydrogens is 342 g/mol. The smallest absolute Gasteiger partial charge is 0.266 e. The predicted octanol–water partition coefficient (Wildman–Crippen LogP) is 5.00. The highest BCUT2D eigenvalue weighted by molar-refractivity contribution is 7.16. The summed E-state index contributed by atoms with van der Waals surface area (Å²) in [5, 5.41) is 9.02. The van der Waals surface area contributed by atoms with Gasteiger partial charge in [-0.3, -0.25) is 4.79 Å². The van der Waals surface area contributed by atoms with Crippen molar-refractivity contribution in [3.05, 3.63) is 38.7 Å². The zero-order chi connectivity index (χ0) is 16.7. The molecule has 1 N–H and O–H groups in total. The molecule has 0 unspecified atom stereocenters. The average molecular weight is 359 g/mol. The van der Waals surface area contributed by atoms with E-state index in [0.29, 0.717) is 11.7 Å². The molecule has 1 aliphatic rings. The summed E-state index contributed by atoms with van der Waals surface area (Å²) in [5.74, 6) is 1.70. The highest BCUT2D eigenvalue weighted by Crippen LogP contribution is 2.38. The van der Waals surface area contributed by atoms with Crippen LogP contribution < -0.4 is 5.32 Å². The number of aromatic nitrogens is 2. The van der Waals surface area contributed by atoms with E-state index < -0.39 is 0 Å². The fourth-order valence-electron chi connectivity index (χ4n) is 2.66. The Kier molecular flexibility index (Phi) is 3.97. The van der Waals surface area contributed by atoms with Crippen molar-refractivity contribution < 1.29 is 9.32 Å². The molecule has 1 aliphatic carbocycles. The third kappa shape index (κ3) is 2.78. The van der Waals surface area contributed by atoms with Gasteiger partial charge < -0.3 is 9.84 Å². The van der Waals surface area contributed by atoms with Gasteiger partial charge in [-0.1, -0.05) is 11.6 Å². The van der Waals surface area contributed by atoms with Crippen LogP contribution in [0.2, 0.25) is 0 Å². The Bertz CT molecular complexity index is 889. The standard InChI is InChI=1S/C17H17N3O2S2/c1-9-6-7-23-14(9)16(21)18-12-8-13(24-10(12)2)15-19-17(22-20-15)11-4-3-5-11/h6-8,11H,3-5H2,1-2H3,(H,18,21). The van der Waals surface area contributed by atoms with Crippen molar-refractivity contribution >= 4 is 34.3 Å². The van der Waals surface area contributed by atoms with Gasteiger partial charge in [0, 0.05) is 10.8 Å². The quantitative estimate of drug-likeness (QED) is 0.712. The molecule has 1 saturated carbocycles. The Morgan fingerprint density at radius 3 is 2.88 bits per heavy atom. The number of carbonyl (C=O) groups excluding carboxylic acids is 1. The van der Waals surface area contributed by atoms with Crippen LogP contribution in [0.5, 0.6) is 0 Å². The molecule has 24 heavy (non-hydrogen) atoms. The Morgan fingerprint density at radius 1 is 1.38 bits per heavy atom. The first kappa shape index (κ1) is 15.5. The second-order valence-corrected chi connectivity index (χ2v) is 8.22. The number of amides is 1. The molecule has 0 atom stereocenters. The second-order valence-electron chi connectivity index (χ2n) is 6.05. The number of nitrogens with one attached hydrogen (secondary N) is 1. The average Bonchev–Trinajstić information content (AvgIpc) is 3.19. The molecule has 5 nitrogen and oxygen atoms in total. The number of carbonyl (C=O) groups is 1. The summed E-state index contributed by atoms with van der Waals surface area (Å²) in [6, 6.07) is 3.88. The lowest BCUT2D eigenvalue weighted by Crippen LogP contribution is -2.11. The first-order valence-electron chi connectivity index (χ1n) is 7.91. The van der Waals surface area contributed by atoms with Gasteiger partial charge in [-0.2, -0.15) is 4.98 Å². The van der Waals surface area contributed by atoms with E-state index in [4.69, 9.17) is 4.52 Å². The predicted molar refractivity (Wildman–Crippen MR) is 95.9 cm³/mol. The van der Waals surface area contributed by atoms with E-state index >= 15 is 0 Å².